The number of hydrogen-bond donors (Lipinski definition) is 1. The Bertz CT molecular complexity index is 301. The van der Waals surface area contributed by atoms with E-state index in [2.05, 4.69) is 11.8 Å². The Hall–Kier alpha value is -0.0800. The van der Waals surface area contributed by atoms with Gasteiger partial charge in [-0.05, 0) is 75.8 Å². The first-order valence-corrected chi connectivity index (χ1v) is 9.17. The van der Waals surface area contributed by atoms with Gasteiger partial charge in [-0.3, -0.25) is 4.90 Å². The SMILES string of the molecule is CCC1CCC(CN)(N2CCC3(CCCC3)CC2)CC1. The van der Waals surface area contributed by atoms with Crippen molar-refractivity contribution in [2.24, 2.45) is 17.1 Å². The number of rotatable bonds is 3. The minimum atomic E-state index is 0.367. The molecular weight excluding hydrogens is 244 g/mol. The topological polar surface area (TPSA) is 29.3 Å². The van der Waals surface area contributed by atoms with Crippen LogP contribution in [0.5, 0.6) is 0 Å². The van der Waals surface area contributed by atoms with Crippen LogP contribution in [-0.2, 0) is 0 Å². The van der Waals surface area contributed by atoms with E-state index in [1.165, 1.54) is 83.7 Å². The van der Waals surface area contributed by atoms with Crippen LogP contribution in [0.15, 0.2) is 0 Å². The molecule has 20 heavy (non-hydrogen) atoms. The maximum Gasteiger partial charge on any atom is 0.0331 e. The molecule has 0 bridgehead atoms. The molecule has 0 atom stereocenters. The predicted molar refractivity (Wildman–Crippen MR) is 85.7 cm³/mol. The summed E-state index contributed by atoms with van der Waals surface area (Å²) in [5.41, 5.74) is 7.37. The molecule has 3 rings (SSSR count). The van der Waals surface area contributed by atoms with E-state index in [4.69, 9.17) is 5.73 Å². The molecular formula is C18H34N2. The van der Waals surface area contributed by atoms with Crippen molar-refractivity contribution in [3.05, 3.63) is 0 Å². The first kappa shape index (κ1) is 14.8. The van der Waals surface area contributed by atoms with Crippen molar-refractivity contribution in [1.82, 2.24) is 4.90 Å². The zero-order valence-electron chi connectivity index (χ0n) is 13.5. The highest BCUT2D eigenvalue weighted by Crippen LogP contribution is 2.48. The van der Waals surface area contributed by atoms with Gasteiger partial charge in [0.25, 0.3) is 0 Å². The first-order valence-electron chi connectivity index (χ1n) is 9.17. The van der Waals surface area contributed by atoms with Crippen molar-refractivity contribution in [2.45, 2.75) is 83.1 Å². The Morgan fingerprint density at radius 3 is 2.05 bits per heavy atom. The standard InChI is InChI=1S/C18H34N2/c1-2-16-5-9-18(15-19,10-6-16)20-13-11-17(12-14-20)7-3-4-8-17/h16H,2-15,19H2,1H3. The van der Waals surface area contributed by atoms with Crippen LogP contribution >= 0.6 is 0 Å². The summed E-state index contributed by atoms with van der Waals surface area (Å²) in [6, 6.07) is 0. The largest absolute Gasteiger partial charge is 0.329 e. The maximum absolute atomic E-state index is 6.26. The summed E-state index contributed by atoms with van der Waals surface area (Å²) in [4.78, 5) is 2.81. The third kappa shape index (κ3) is 2.66. The number of nitrogens with zero attached hydrogens (tertiary/aromatic N) is 1. The Morgan fingerprint density at radius 1 is 0.950 bits per heavy atom. The molecule has 2 aliphatic carbocycles. The van der Waals surface area contributed by atoms with Gasteiger partial charge in [-0.25, -0.2) is 0 Å². The van der Waals surface area contributed by atoms with E-state index >= 15 is 0 Å². The van der Waals surface area contributed by atoms with Crippen LogP contribution in [0.25, 0.3) is 0 Å². The van der Waals surface area contributed by atoms with Gasteiger partial charge in [-0.15, -0.1) is 0 Å². The van der Waals surface area contributed by atoms with Crippen LogP contribution in [0.4, 0.5) is 0 Å². The van der Waals surface area contributed by atoms with Crippen LogP contribution in [0, 0.1) is 11.3 Å². The molecule has 0 unspecified atom stereocenters. The van der Waals surface area contributed by atoms with E-state index in [1.54, 1.807) is 0 Å². The molecule has 2 nitrogen and oxygen atoms in total. The van der Waals surface area contributed by atoms with Gasteiger partial charge < -0.3 is 5.73 Å². The quantitative estimate of drug-likeness (QED) is 0.847. The fourth-order valence-corrected chi connectivity index (χ4v) is 5.35. The Balaban J connectivity index is 1.60. The van der Waals surface area contributed by atoms with Gasteiger partial charge in [0.2, 0.25) is 0 Å². The Morgan fingerprint density at radius 2 is 1.55 bits per heavy atom. The zero-order chi connectivity index (χ0) is 14.1. The van der Waals surface area contributed by atoms with Crippen molar-refractivity contribution in [3.8, 4) is 0 Å². The summed E-state index contributed by atoms with van der Waals surface area (Å²) >= 11 is 0. The molecule has 2 saturated carbocycles. The average molecular weight is 278 g/mol. The predicted octanol–water partition coefficient (Wildman–Crippen LogP) is 3.94. The lowest BCUT2D eigenvalue weighted by atomic mass is 9.71. The van der Waals surface area contributed by atoms with E-state index in [0.29, 0.717) is 5.54 Å². The Labute approximate surface area is 125 Å². The lowest BCUT2D eigenvalue weighted by Crippen LogP contribution is -2.58. The number of piperidine rings is 1. The van der Waals surface area contributed by atoms with Gasteiger partial charge in [-0.1, -0.05) is 26.2 Å². The molecule has 3 fully saturated rings. The third-order valence-electron chi connectivity index (χ3n) is 7.15. The summed E-state index contributed by atoms with van der Waals surface area (Å²) < 4.78 is 0. The van der Waals surface area contributed by atoms with Crippen LogP contribution < -0.4 is 5.73 Å². The second-order valence-corrected chi connectivity index (χ2v) is 7.97. The summed E-state index contributed by atoms with van der Waals surface area (Å²) in [5, 5.41) is 0. The second kappa shape index (κ2) is 5.96. The van der Waals surface area contributed by atoms with Crippen molar-refractivity contribution in [2.75, 3.05) is 19.6 Å². The molecule has 1 heterocycles. The van der Waals surface area contributed by atoms with Crippen LogP contribution in [0.2, 0.25) is 0 Å². The molecule has 2 heteroatoms. The fourth-order valence-electron chi connectivity index (χ4n) is 5.35. The molecule has 116 valence electrons. The van der Waals surface area contributed by atoms with E-state index in [9.17, 15) is 0 Å². The van der Waals surface area contributed by atoms with E-state index in [0.717, 1.165) is 17.9 Å². The summed E-state index contributed by atoms with van der Waals surface area (Å²) in [6.07, 6.45) is 15.8. The summed E-state index contributed by atoms with van der Waals surface area (Å²) in [5.74, 6) is 0.973. The second-order valence-electron chi connectivity index (χ2n) is 7.97. The fraction of sp³-hybridized carbons (Fsp3) is 1.00. The van der Waals surface area contributed by atoms with E-state index in [-0.39, 0.29) is 0 Å². The van der Waals surface area contributed by atoms with Crippen molar-refractivity contribution >= 4 is 0 Å². The average Bonchev–Trinajstić information content (AvgIpc) is 2.96. The molecule has 0 aromatic heterocycles. The minimum absolute atomic E-state index is 0.367. The van der Waals surface area contributed by atoms with Crippen LogP contribution in [0.1, 0.15) is 77.6 Å². The molecule has 2 N–H and O–H groups in total. The van der Waals surface area contributed by atoms with Crippen LogP contribution in [-0.4, -0.2) is 30.1 Å². The molecule has 1 spiro atoms. The van der Waals surface area contributed by atoms with Crippen LogP contribution in [0.3, 0.4) is 0 Å². The highest BCUT2D eigenvalue weighted by molar-refractivity contribution is 5.00. The van der Waals surface area contributed by atoms with Gasteiger partial charge >= 0.3 is 0 Å². The molecule has 0 radical (unpaired) electrons. The highest BCUT2D eigenvalue weighted by Gasteiger charge is 2.44. The number of nitrogens with two attached hydrogens (primary N) is 1. The maximum atomic E-state index is 6.26. The minimum Gasteiger partial charge on any atom is -0.329 e. The molecule has 1 saturated heterocycles. The normalized spacial score (nSPS) is 38.4. The first-order chi connectivity index (χ1) is 9.72. The van der Waals surface area contributed by atoms with Crippen molar-refractivity contribution < 1.29 is 0 Å². The van der Waals surface area contributed by atoms with Crippen molar-refractivity contribution in [3.63, 3.8) is 0 Å². The molecule has 0 aromatic rings. The van der Waals surface area contributed by atoms with E-state index < -0.39 is 0 Å². The third-order valence-corrected chi connectivity index (χ3v) is 7.15. The van der Waals surface area contributed by atoms with E-state index in [1.807, 2.05) is 0 Å². The smallest absolute Gasteiger partial charge is 0.0331 e. The number of hydrogen-bond acceptors (Lipinski definition) is 2. The Kier molecular flexibility index (Phi) is 4.42. The lowest BCUT2D eigenvalue weighted by molar-refractivity contribution is -0.00740. The van der Waals surface area contributed by atoms with Crippen molar-refractivity contribution in [1.29, 1.82) is 0 Å². The van der Waals surface area contributed by atoms with Gasteiger partial charge in [0, 0.05) is 12.1 Å². The zero-order valence-corrected chi connectivity index (χ0v) is 13.5. The highest BCUT2D eigenvalue weighted by atomic mass is 15.2. The lowest BCUT2D eigenvalue weighted by Gasteiger charge is -2.52. The van der Waals surface area contributed by atoms with Gasteiger partial charge in [-0.2, -0.15) is 0 Å². The monoisotopic (exact) mass is 278 g/mol. The van der Waals surface area contributed by atoms with Gasteiger partial charge in [0.1, 0.15) is 0 Å². The summed E-state index contributed by atoms with van der Waals surface area (Å²) in [7, 11) is 0. The molecule has 0 amide bonds. The van der Waals surface area contributed by atoms with Gasteiger partial charge in [0.15, 0.2) is 0 Å². The molecule has 1 aliphatic heterocycles. The van der Waals surface area contributed by atoms with Gasteiger partial charge in [0.05, 0.1) is 0 Å². The molecule has 3 aliphatic rings. The number of likely N-dealkylation sites (tertiary alicyclic amines) is 1. The molecule has 0 aromatic carbocycles. The summed E-state index contributed by atoms with van der Waals surface area (Å²) in [6.45, 7) is 5.89.